The first-order chi connectivity index (χ1) is 8.06. The molecule has 0 aromatic carbocycles. The van der Waals surface area contributed by atoms with E-state index in [2.05, 4.69) is 37.4 Å². The van der Waals surface area contributed by atoms with Gasteiger partial charge in [0.05, 0.1) is 5.84 Å². The fourth-order valence-electron chi connectivity index (χ4n) is 1.72. The maximum Gasteiger partial charge on any atom is 0.0987 e. The molecule has 2 N–H and O–H groups in total. The molecule has 0 aliphatic heterocycles. The molecule has 0 amide bonds. The fourth-order valence-corrected chi connectivity index (χ4v) is 1.72. The summed E-state index contributed by atoms with van der Waals surface area (Å²) in [6.45, 7) is 7.99. The summed E-state index contributed by atoms with van der Waals surface area (Å²) >= 11 is 0. The van der Waals surface area contributed by atoms with E-state index in [4.69, 9.17) is 5.41 Å². The van der Waals surface area contributed by atoms with Gasteiger partial charge in [0.2, 0.25) is 0 Å². The lowest BCUT2D eigenvalue weighted by Gasteiger charge is -2.24. The normalized spacial score (nSPS) is 14.1. The molecule has 0 radical (unpaired) electrons. The summed E-state index contributed by atoms with van der Waals surface area (Å²) in [6, 6.07) is 0. The summed E-state index contributed by atoms with van der Waals surface area (Å²) < 4.78 is 0. The van der Waals surface area contributed by atoms with Crippen LogP contribution in [0.15, 0.2) is 23.8 Å². The van der Waals surface area contributed by atoms with E-state index in [0.717, 1.165) is 19.5 Å². The van der Waals surface area contributed by atoms with Crippen LogP contribution in [0.5, 0.6) is 0 Å². The molecular weight excluding hydrogens is 210 g/mol. The minimum atomic E-state index is 0.263. The standard InChI is InChI=1S/C14H27N3/c1-6-8-13(7-2)11-12(3)14(15)17(5)10-9-16-4/h6-8,12,15-16H,9-11H2,1-5H3/b8-6-,13-7+,15-14?. The van der Waals surface area contributed by atoms with Crippen molar-refractivity contribution in [2.45, 2.75) is 27.2 Å². The highest BCUT2D eigenvalue weighted by Crippen LogP contribution is 2.15. The van der Waals surface area contributed by atoms with Crippen LogP contribution in [0, 0.1) is 11.3 Å². The molecule has 1 atom stereocenters. The van der Waals surface area contributed by atoms with Gasteiger partial charge in [0.25, 0.3) is 0 Å². The molecule has 1 unspecified atom stereocenters. The summed E-state index contributed by atoms with van der Waals surface area (Å²) in [7, 11) is 3.92. The zero-order valence-electron chi connectivity index (χ0n) is 11.9. The van der Waals surface area contributed by atoms with Gasteiger partial charge in [0.1, 0.15) is 0 Å². The van der Waals surface area contributed by atoms with Crippen LogP contribution in [0.2, 0.25) is 0 Å². The van der Waals surface area contributed by atoms with Gasteiger partial charge in [0, 0.05) is 26.1 Å². The van der Waals surface area contributed by atoms with Crippen LogP contribution in [0.25, 0.3) is 0 Å². The third-order valence-electron chi connectivity index (χ3n) is 2.87. The van der Waals surface area contributed by atoms with Crippen molar-refractivity contribution in [2.24, 2.45) is 5.92 Å². The molecule has 0 aromatic heterocycles. The van der Waals surface area contributed by atoms with Crippen molar-refractivity contribution >= 4 is 5.84 Å². The molecule has 0 aliphatic rings. The van der Waals surface area contributed by atoms with E-state index in [-0.39, 0.29) is 5.92 Å². The molecule has 17 heavy (non-hydrogen) atoms. The van der Waals surface area contributed by atoms with Crippen molar-refractivity contribution in [3.8, 4) is 0 Å². The summed E-state index contributed by atoms with van der Waals surface area (Å²) in [6.07, 6.45) is 7.23. The minimum absolute atomic E-state index is 0.263. The molecule has 0 aromatic rings. The topological polar surface area (TPSA) is 39.1 Å². The predicted molar refractivity (Wildman–Crippen MR) is 76.6 cm³/mol. The molecular formula is C14H27N3. The second kappa shape index (κ2) is 8.99. The molecule has 0 saturated heterocycles. The summed E-state index contributed by atoms with van der Waals surface area (Å²) in [5, 5.41) is 11.2. The molecule has 0 fully saturated rings. The number of nitrogens with zero attached hydrogens (tertiary/aromatic N) is 1. The van der Waals surface area contributed by atoms with Crippen LogP contribution < -0.4 is 5.32 Å². The third-order valence-corrected chi connectivity index (χ3v) is 2.87. The number of hydrogen-bond acceptors (Lipinski definition) is 2. The quantitative estimate of drug-likeness (QED) is 0.406. The largest absolute Gasteiger partial charge is 0.362 e. The maximum atomic E-state index is 8.13. The van der Waals surface area contributed by atoms with Crippen molar-refractivity contribution in [3.63, 3.8) is 0 Å². The van der Waals surface area contributed by atoms with Crippen molar-refractivity contribution < 1.29 is 0 Å². The molecule has 0 aliphatic carbocycles. The average Bonchev–Trinajstić information content (AvgIpc) is 2.34. The van der Waals surface area contributed by atoms with Gasteiger partial charge in [-0.15, -0.1) is 0 Å². The zero-order valence-corrected chi connectivity index (χ0v) is 11.9. The Morgan fingerprint density at radius 3 is 2.53 bits per heavy atom. The highest BCUT2D eigenvalue weighted by Gasteiger charge is 2.13. The Labute approximate surface area is 106 Å². The molecule has 0 rings (SSSR count). The second-order valence-corrected chi connectivity index (χ2v) is 4.38. The van der Waals surface area contributed by atoms with Crippen LogP contribution in [0.1, 0.15) is 27.2 Å². The molecule has 3 nitrogen and oxygen atoms in total. The first kappa shape index (κ1) is 15.9. The smallest absolute Gasteiger partial charge is 0.0987 e. The van der Waals surface area contributed by atoms with Crippen molar-refractivity contribution in [3.05, 3.63) is 23.8 Å². The van der Waals surface area contributed by atoms with Gasteiger partial charge in [-0.1, -0.05) is 30.7 Å². The van der Waals surface area contributed by atoms with E-state index in [1.54, 1.807) is 0 Å². The summed E-state index contributed by atoms with van der Waals surface area (Å²) in [5.41, 5.74) is 1.30. The molecule has 0 saturated carbocycles. The van der Waals surface area contributed by atoms with Gasteiger partial charge < -0.3 is 10.2 Å². The van der Waals surface area contributed by atoms with Crippen LogP contribution in [0.3, 0.4) is 0 Å². The number of allylic oxidation sites excluding steroid dienone is 4. The molecule has 98 valence electrons. The lowest BCUT2D eigenvalue weighted by molar-refractivity contribution is 0.460. The van der Waals surface area contributed by atoms with Gasteiger partial charge in [0.15, 0.2) is 0 Å². The van der Waals surface area contributed by atoms with Gasteiger partial charge in [-0.3, -0.25) is 5.41 Å². The predicted octanol–water partition coefficient (Wildman–Crippen LogP) is 2.66. The van der Waals surface area contributed by atoms with Gasteiger partial charge in [-0.2, -0.15) is 0 Å². The number of rotatable bonds is 7. The van der Waals surface area contributed by atoms with Gasteiger partial charge in [-0.05, 0) is 27.3 Å². The first-order valence-electron chi connectivity index (χ1n) is 6.28. The lowest BCUT2D eigenvalue weighted by atomic mass is 9.99. The molecule has 0 heterocycles. The van der Waals surface area contributed by atoms with E-state index in [1.807, 2.05) is 25.9 Å². The lowest BCUT2D eigenvalue weighted by Crippen LogP contribution is -2.35. The Kier molecular flexibility index (Phi) is 8.42. The molecule has 0 spiro atoms. The van der Waals surface area contributed by atoms with Crippen LogP contribution in [0.4, 0.5) is 0 Å². The first-order valence-corrected chi connectivity index (χ1v) is 6.28. The van der Waals surface area contributed by atoms with E-state index in [0.29, 0.717) is 5.84 Å². The third kappa shape index (κ3) is 6.27. The van der Waals surface area contributed by atoms with Crippen LogP contribution in [-0.2, 0) is 0 Å². The van der Waals surface area contributed by atoms with Gasteiger partial charge >= 0.3 is 0 Å². The number of hydrogen-bond donors (Lipinski definition) is 2. The van der Waals surface area contributed by atoms with Crippen molar-refractivity contribution in [2.75, 3.05) is 27.2 Å². The zero-order chi connectivity index (χ0) is 13.3. The Morgan fingerprint density at radius 2 is 2.06 bits per heavy atom. The maximum absolute atomic E-state index is 8.13. The SMILES string of the molecule is C/C=C\C(=C/C)CC(C)C(=N)N(C)CCNC. The van der Waals surface area contributed by atoms with E-state index < -0.39 is 0 Å². The van der Waals surface area contributed by atoms with E-state index >= 15 is 0 Å². The molecule has 0 bridgehead atoms. The monoisotopic (exact) mass is 237 g/mol. The Hall–Kier alpha value is -1.09. The Bertz CT molecular complexity index is 279. The Balaban J connectivity index is 4.30. The van der Waals surface area contributed by atoms with Crippen LogP contribution in [-0.4, -0.2) is 37.9 Å². The average molecular weight is 237 g/mol. The minimum Gasteiger partial charge on any atom is -0.362 e. The van der Waals surface area contributed by atoms with E-state index in [9.17, 15) is 0 Å². The fraction of sp³-hybridized carbons (Fsp3) is 0.643. The molecule has 3 heteroatoms. The highest BCUT2D eigenvalue weighted by atomic mass is 15.1. The second-order valence-electron chi connectivity index (χ2n) is 4.38. The number of likely N-dealkylation sites (N-methyl/N-ethyl adjacent to an activating group) is 2. The summed E-state index contributed by atoms with van der Waals surface area (Å²) in [5.74, 6) is 0.975. The van der Waals surface area contributed by atoms with E-state index in [1.165, 1.54) is 5.57 Å². The number of nitrogens with one attached hydrogen (secondary N) is 2. The Morgan fingerprint density at radius 1 is 1.41 bits per heavy atom. The van der Waals surface area contributed by atoms with Crippen molar-refractivity contribution in [1.82, 2.24) is 10.2 Å². The van der Waals surface area contributed by atoms with Gasteiger partial charge in [-0.25, -0.2) is 0 Å². The summed E-state index contributed by atoms with van der Waals surface area (Å²) in [4.78, 5) is 2.02. The van der Waals surface area contributed by atoms with Crippen LogP contribution >= 0.6 is 0 Å². The number of amidine groups is 1. The highest BCUT2D eigenvalue weighted by molar-refractivity contribution is 5.81. The van der Waals surface area contributed by atoms with Crippen molar-refractivity contribution in [1.29, 1.82) is 5.41 Å².